The van der Waals surface area contributed by atoms with Crippen molar-refractivity contribution in [3.63, 3.8) is 0 Å². The molecule has 21 heavy (non-hydrogen) atoms. The molecule has 0 amide bonds. The molecule has 0 unspecified atom stereocenters. The third kappa shape index (κ3) is 2.63. The Bertz CT molecular complexity index is 783. The maximum atomic E-state index is 12.8. The number of pyridine rings is 1. The molecule has 0 aliphatic carbocycles. The van der Waals surface area contributed by atoms with Gasteiger partial charge in [-0.25, -0.2) is 0 Å². The fourth-order valence-corrected chi connectivity index (χ4v) is 2.80. The van der Waals surface area contributed by atoms with Crippen LogP contribution in [-0.2, 0) is 16.8 Å². The second kappa shape index (κ2) is 4.91. The fraction of sp³-hybridized carbons (Fsp3) is 0.375. The Morgan fingerprint density at radius 2 is 1.95 bits per heavy atom. The van der Waals surface area contributed by atoms with Gasteiger partial charge in [-0.05, 0) is 30.0 Å². The maximum absolute atomic E-state index is 12.8. The number of aromatic nitrogens is 1. The number of benzene rings is 1. The molecule has 0 radical (unpaired) electrons. The normalized spacial score (nSPS) is 11.8. The predicted octanol–water partition coefficient (Wildman–Crippen LogP) is 2.27. The van der Waals surface area contributed by atoms with Crippen LogP contribution in [-0.4, -0.2) is 15.6 Å². The number of anilines is 1. The van der Waals surface area contributed by atoms with Crippen LogP contribution >= 0.6 is 0 Å². The molecule has 0 saturated heterocycles. The number of hydrogen-bond acceptors (Lipinski definition) is 3. The molecule has 3 N–H and O–H groups in total. The first-order valence-corrected chi connectivity index (χ1v) is 6.78. The number of aryl methyl sites for hydroxylation is 1. The van der Waals surface area contributed by atoms with Gasteiger partial charge in [-0.15, -0.1) is 0 Å². The number of carboxylic acids is 1. The summed E-state index contributed by atoms with van der Waals surface area (Å²) < 4.78 is 1.29. The van der Waals surface area contributed by atoms with Gasteiger partial charge in [0.2, 0.25) is 0 Å². The number of carboxylic acid groups (broad SMARTS) is 1. The zero-order chi connectivity index (χ0) is 15.9. The lowest BCUT2D eigenvalue weighted by Gasteiger charge is -2.24. The molecule has 0 aliphatic heterocycles. The van der Waals surface area contributed by atoms with E-state index >= 15 is 0 Å². The van der Waals surface area contributed by atoms with Crippen LogP contribution in [0, 0.1) is 6.92 Å². The first-order valence-electron chi connectivity index (χ1n) is 6.78. The van der Waals surface area contributed by atoms with Gasteiger partial charge in [-0.2, -0.15) is 0 Å². The first kappa shape index (κ1) is 15.1. The molecular weight excluding hydrogens is 268 g/mol. The summed E-state index contributed by atoms with van der Waals surface area (Å²) in [6.07, 6.45) is 0. The second-order valence-corrected chi connectivity index (χ2v) is 6.31. The van der Waals surface area contributed by atoms with Crippen LogP contribution in [0.5, 0.6) is 0 Å². The molecule has 2 rings (SSSR count). The van der Waals surface area contributed by atoms with Crippen molar-refractivity contribution in [1.82, 2.24) is 4.57 Å². The lowest BCUT2D eigenvalue weighted by Crippen LogP contribution is -2.33. The molecule has 0 fully saturated rings. The summed E-state index contributed by atoms with van der Waals surface area (Å²) in [6, 6.07) is 5.25. The van der Waals surface area contributed by atoms with Crippen molar-refractivity contribution in [3.05, 3.63) is 39.7 Å². The van der Waals surface area contributed by atoms with Gasteiger partial charge in [-0.1, -0.05) is 26.8 Å². The van der Waals surface area contributed by atoms with Gasteiger partial charge in [0.15, 0.2) is 0 Å². The number of hydrogen-bond donors (Lipinski definition) is 2. The van der Waals surface area contributed by atoms with Crippen molar-refractivity contribution >= 4 is 22.6 Å². The Balaban J connectivity index is 3.00. The number of rotatable bonds is 2. The Hall–Kier alpha value is -2.30. The van der Waals surface area contributed by atoms with Gasteiger partial charge in [0.05, 0.1) is 5.52 Å². The van der Waals surface area contributed by atoms with E-state index in [1.54, 1.807) is 12.1 Å². The highest BCUT2D eigenvalue weighted by Gasteiger charge is 2.24. The van der Waals surface area contributed by atoms with Crippen molar-refractivity contribution in [2.45, 2.75) is 39.7 Å². The Morgan fingerprint density at radius 3 is 2.48 bits per heavy atom. The minimum absolute atomic E-state index is 0.263. The standard InChI is InChI=1S/C16H20N2O3/c1-9-11-6-5-10(17)7-12(11)18(8-13(19)20)15(21)14(9)16(2,3)4/h5-7H,8,17H2,1-4H3,(H,19,20). The molecule has 1 aromatic heterocycles. The SMILES string of the molecule is Cc1c(C(C)(C)C)c(=O)n(CC(=O)O)c2cc(N)ccc12. The van der Waals surface area contributed by atoms with Crippen LogP contribution in [0.15, 0.2) is 23.0 Å². The van der Waals surface area contributed by atoms with E-state index in [1.165, 1.54) is 4.57 Å². The molecular formula is C16H20N2O3. The highest BCUT2D eigenvalue weighted by atomic mass is 16.4. The summed E-state index contributed by atoms with van der Waals surface area (Å²) in [6.45, 7) is 7.37. The molecule has 112 valence electrons. The Labute approximate surface area is 123 Å². The smallest absolute Gasteiger partial charge is 0.323 e. The van der Waals surface area contributed by atoms with Gasteiger partial charge in [0, 0.05) is 16.6 Å². The zero-order valence-electron chi connectivity index (χ0n) is 12.7. The van der Waals surface area contributed by atoms with Crippen molar-refractivity contribution in [3.8, 4) is 0 Å². The van der Waals surface area contributed by atoms with Crippen LogP contribution in [0.3, 0.4) is 0 Å². The van der Waals surface area contributed by atoms with E-state index in [4.69, 9.17) is 10.8 Å². The number of nitrogens with zero attached hydrogens (tertiary/aromatic N) is 1. The van der Waals surface area contributed by atoms with Gasteiger partial charge >= 0.3 is 5.97 Å². The van der Waals surface area contributed by atoms with Crippen molar-refractivity contribution in [2.24, 2.45) is 0 Å². The molecule has 1 aromatic carbocycles. The van der Waals surface area contributed by atoms with Crippen LogP contribution in [0.25, 0.3) is 10.9 Å². The molecule has 0 bridgehead atoms. The lowest BCUT2D eigenvalue weighted by atomic mass is 9.83. The average Bonchev–Trinajstić information content (AvgIpc) is 2.32. The first-order chi connectivity index (χ1) is 9.62. The minimum atomic E-state index is -1.05. The number of aliphatic carboxylic acids is 1. The Kier molecular flexibility index (Phi) is 3.53. The topological polar surface area (TPSA) is 85.3 Å². The summed E-state index contributed by atoms with van der Waals surface area (Å²) >= 11 is 0. The van der Waals surface area contributed by atoms with Crippen molar-refractivity contribution < 1.29 is 9.90 Å². The van der Waals surface area contributed by atoms with Gasteiger partial charge in [-0.3, -0.25) is 14.2 Å². The molecule has 1 heterocycles. The summed E-state index contributed by atoms with van der Waals surface area (Å²) in [5.74, 6) is -1.05. The minimum Gasteiger partial charge on any atom is -0.480 e. The highest BCUT2D eigenvalue weighted by Crippen LogP contribution is 2.28. The average molecular weight is 288 g/mol. The Morgan fingerprint density at radius 1 is 1.33 bits per heavy atom. The van der Waals surface area contributed by atoms with E-state index in [2.05, 4.69) is 0 Å². The number of nitrogen functional groups attached to an aromatic ring is 1. The summed E-state index contributed by atoms with van der Waals surface area (Å²) in [4.78, 5) is 23.9. The largest absolute Gasteiger partial charge is 0.480 e. The summed E-state index contributed by atoms with van der Waals surface area (Å²) in [7, 11) is 0. The lowest BCUT2D eigenvalue weighted by molar-refractivity contribution is -0.137. The molecule has 0 atom stereocenters. The fourth-order valence-electron chi connectivity index (χ4n) is 2.80. The zero-order valence-corrected chi connectivity index (χ0v) is 12.7. The van der Waals surface area contributed by atoms with Crippen molar-refractivity contribution in [2.75, 3.05) is 5.73 Å². The van der Waals surface area contributed by atoms with E-state index in [1.807, 2.05) is 33.8 Å². The highest BCUT2D eigenvalue weighted by molar-refractivity contribution is 5.87. The summed E-state index contributed by atoms with van der Waals surface area (Å²) in [5, 5.41) is 9.95. The summed E-state index contributed by atoms with van der Waals surface area (Å²) in [5.41, 5.74) is 7.74. The van der Waals surface area contributed by atoms with Crippen LogP contribution in [0.2, 0.25) is 0 Å². The number of nitrogens with two attached hydrogens (primary N) is 1. The second-order valence-electron chi connectivity index (χ2n) is 6.31. The molecule has 0 saturated carbocycles. The van der Waals surface area contributed by atoms with E-state index in [9.17, 15) is 9.59 Å². The molecule has 5 heteroatoms. The van der Waals surface area contributed by atoms with Crippen LogP contribution in [0.4, 0.5) is 5.69 Å². The monoisotopic (exact) mass is 288 g/mol. The van der Waals surface area contributed by atoms with E-state index in [0.29, 0.717) is 16.8 Å². The van der Waals surface area contributed by atoms with Crippen LogP contribution < -0.4 is 11.3 Å². The van der Waals surface area contributed by atoms with E-state index < -0.39 is 5.97 Å². The third-order valence-electron chi connectivity index (χ3n) is 3.59. The molecule has 2 aromatic rings. The van der Waals surface area contributed by atoms with Crippen LogP contribution in [0.1, 0.15) is 31.9 Å². The number of carbonyl (C=O) groups is 1. The maximum Gasteiger partial charge on any atom is 0.323 e. The van der Waals surface area contributed by atoms with Gasteiger partial charge < -0.3 is 10.8 Å². The van der Waals surface area contributed by atoms with E-state index in [0.717, 1.165) is 10.9 Å². The number of fused-ring (bicyclic) bond motifs is 1. The predicted molar refractivity (Wildman–Crippen MR) is 83.7 cm³/mol. The van der Waals surface area contributed by atoms with Gasteiger partial charge in [0.25, 0.3) is 5.56 Å². The van der Waals surface area contributed by atoms with Gasteiger partial charge in [0.1, 0.15) is 6.54 Å². The third-order valence-corrected chi connectivity index (χ3v) is 3.59. The van der Waals surface area contributed by atoms with E-state index in [-0.39, 0.29) is 17.5 Å². The molecule has 0 aliphatic rings. The quantitative estimate of drug-likeness (QED) is 0.830. The van der Waals surface area contributed by atoms with Crippen molar-refractivity contribution in [1.29, 1.82) is 0 Å². The molecule has 0 spiro atoms. The molecule has 5 nitrogen and oxygen atoms in total.